The molecule has 128 valence electrons. The van der Waals surface area contributed by atoms with Gasteiger partial charge >= 0.3 is 0 Å². The number of rotatable bonds is 5. The maximum Gasteiger partial charge on any atom is 0.292 e. The van der Waals surface area contributed by atoms with Crippen LogP contribution in [0.15, 0.2) is 71.3 Å². The van der Waals surface area contributed by atoms with Crippen LogP contribution in [0.4, 0.5) is 5.69 Å². The zero-order valence-corrected chi connectivity index (χ0v) is 14.0. The number of carbonyl (C=O) groups excluding carboxylic acids is 1. The van der Waals surface area contributed by atoms with Gasteiger partial charge in [-0.05, 0) is 29.3 Å². The molecular formula is C18H16N2O4S. The van der Waals surface area contributed by atoms with Crippen LogP contribution in [-0.4, -0.2) is 14.3 Å². The second kappa shape index (κ2) is 6.92. The zero-order valence-electron chi connectivity index (χ0n) is 13.2. The number of carbonyl (C=O) groups is 1. The van der Waals surface area contributed by atoms with Crippen molar-refractivity contribution in [3.63, 3.8) is 0 Å². The van der Waals surface area contributed by atoms with Crippen molar-refractivity contribution in [2.75, 3.05) is 5.32 Å². The Morgan fingerprint density at radius 2 is 1.68 bits per heavy atom. The molecule has 7 heteroatoms. The van der Waals surface area contributed by atoms with E-state index in [1.807, 2.05) is 30.3 Å². The van der Waals surface area contributed by atoms with Gasteiger partial charge in [0.2, 0.25) is 10.0 Å². The third kappa shape index (κ3) is 4.34. The van der Waals surface area contributed by atoms with E-state index in [-0.39, 0.29) is 17.4 Å². The molecule has 0 saturated carbocycles. The Hall–Kier alpha value is -2.90. The molecule has 0 spiro atoms. The highest BCUT2D eigenvalue weighted by atomic mass is 32.2. The first-order chi connectivity index (χ1) is 11.9. The minimum absolute atomic E-state index is 0.208. The van der Waals surface area contributed by atoms with Crippen LogP contribution in [0.2, 0.25) is 0 Å². The summed E-state index contributed by atoms with van der Waals surface area (Å²) >= 11 is 0. The first-order valence-corrected chi connectivity index (χ1v) is 9.17. The average Bonchev–Trinajstić information content (AvgIpc) is 3.06. The van der Waals surface area contributed by atoms with E-state index in [4.69, 9.17) is 9.56 Å². The van der Waals surface area contributed by atoms with Crippen molar-refractivity contribution >= 4 is 21.6 Å². The molecule has 0 saturated heterocycles. The molecule has 3 rings (SSSR count). The van der Waals surface area contributed by atoms with Crippen LogP contribution in [0.1, 0.15) is 16.1 Å². The number of benzene rings is 2. The first-order valence-electron chi connectivity index (χ1n) is 7.46. The molecule has 0 unspecified atom stereocenters. The lowest BCUT2D eigenvalue weighted by atomic mass is 10.1. The number of nitrogens with two attached hydrogens (primary N) is 1. The average molecular weight is 356 g/mol. The normalized spacial score (nSPS) is 11.2. The Morgan fingerprint density at radius 3 is 2.32 bits per heavy atom. The van der Waals surface area contributed by atoms with Crippen molar-refractivity contribution in [3.05, 3.63) is 78.3 Å². The molecule has 0 aliphatic rings. The van der Waals surface area contributed by atoms with E-state index in [0.717, 1.165) is 5.56 Å². The van der Waals surface area contributed by atoms with Gasteiger partial charge in [-0.1, -0.05) is 42.5 Å². The van der Waals surface area contributed by atoms with Gasteiger partial charge in [0, 0.05) is 11.3 Å². The predicted octanol–water partition coefficient (Wildman–Crippen LogP) is 2.99. The molecule has 0 radical (unpaired) electrons. The van der Waals surface area contributed by atoms with Crippen LogP contribution in [0.25, 0.3) is 11.1 Å². The fourth-order valence-electron chi connectivity index (χ4n) is 2.43. The van der Waals surface area contributed by atoms with Crippen LogP contribution in [-0.2, 0) is 15.8 Å². The largest absolute Gasteiger partial charge is 0.459 e. The molecule has 0 aliphatic carbocycles. The van der Waals surface area contributed by atoms with Crippen LogP contribution in [0.3, 0.4) is 0 Å². The summed E-state index contributed by atoms with van der Waals surface area (Å²) in [6, 6.07) is 17.6. The fourth-order valence-corrected chi connectivity index (χ4v) is 3.09. The molecule has 25 heavy (non-hydrogen) atoms. The number of nitrogens with one attached hydrogen (secondary N) is 1. The maximum absolute atomic E-state index is 12.5. The number of primary sulfonamides is 1. The lowest BCUT2D eigenvalue weighted by molar-refractivity contribution is 0.0997. The number of furan rings is 1. The Labute approximate surface area is 145 Å². The topological polar surface area (TPSA) is 102 Å². The molecule has 0 aliphatic heterocycles. The number of amides is 1. The van der Waals surface area contributed by atoms with Gasteiger partial charge in [0.05, 0.1) is 12.0 Å². The Balaban J connectivity index is 1.76. The summed E-state index contributed by atoms with van der Waals surface area (Å²) in [6.07, 6.45) is 1.46. The highest BCUT2D eigenvalue weighted by molar-refractivity contribution is 7.88. The third-order valence-electron chi connectivity index (χ3n) is 3.54. The standard InChI is InChI=1S/C18H16N2O4S/c19-25(22,23)12-13-6-8-15(9-7-13)20-18(21)17-16(10-11-24-17)14-4-2-1-3-5-14/h1-11H,12H2,(H,20,21)(H2,19,22,23). The summed E-state index contributed by atoms with van der Waals surface area (Å²) in [6.45, 7) is 0. The number of anilines is 1. The second-order valence-electron chi connectivity index (χ2n) is 5.49. The highest BCUT2D eigenvalue weighted by Gasteiger charge is 2.17. The molecular weight excluding hydrogens is 340 g/mol. The Morgan fingerprint density at radius 1 is 1.00 bits per heavy atom. The predicted molar refractivity (Wildman–Crippen MR) is 95.4 cm³/mol. The van der Waals surface area contributed by atoms with Crippen LogP contribution >= 0.6 is 0 Å². The SMILES string of the molecule is NS(=O)(=O)Cc1ccc(NC(=O)c2occc2-c2ccccc2)cc1. The number of hydrogen-bond acceptors (Lipinski definition) is 4. The minimum Gasteiger partial charge on any atom is -0.459 e. The highest BCUT2D eigenvalue weighted by Crippen LogP contribution is 2.25. The van der Waals surface area contributed by atoms with Gasteiger partial charge < -0.3 is 9.73 Å². The van der Waals surface area contributed by atoms with Gasteiger partial charge in [-0.2, -0.15) is 0 Å². The monoisotopic (exact) mass is 356 g/mol. The Kier molecular flexibility index (Phi) is 4.69. The van der Waals surface area contributed by atoms with E-state index in [1.165, 1.54) is 6.26 Å². The van der Waals surface area contributed by atoms with Crippen molar-refractivity contribution in [3.8, 4) is 11.1 Å². The number of sulfonamides is 1. The molecule has 3 N–H and O–H groups in total. The van der Waals surface area contributed by atoms with Gasteiger partial charge in [-0.25, -0.2) is 13.6 Å². The van der Waals surface area contributed by atoms with Gasteiger partial charge in [0.15, 0.2) is 5.76 Å². The van der Waals surface area contributed by atoms with E-state index in [0.29, 0.717) is 16.8 Å². The summed E-state index contributed by atoms with van der Waals surface area (Å²) in [5.74, 6) is -0.430. The molecule has 2 aromatic carbocycles. The Bertz CT molecular complexity index is 977. The zero-order chi connectivity index (χ0) is 17.9. The van der Waals surface area contributed by atoms with E-state index in [9.17, 15) is 13.2 Å². The van der Waals surface area contributed by atoms with Gasteiger partial charge in [-0.3, -0.25) is 4.79 Å². The fraction of sp³-hybridized carbons (Fsp3) is 0.0556. The molecule has 1 amide bonds. The molecule has 1 heterocycles. The van der Waals surface area contributed by atoms with Gasteiger partial charge in [0.25, 0.3) is 5.91 Å². The van der Waals surface area contributed by atoms with E-state index in [2.05, 4.69) is 5.32 Å². The van der Waals surface area contributed by atoms with Crippen molar-refractivity contribution < 1.29 is 17.6 Å². The molecule has 0 fully saturated rings. The lowest BCUT2D eigenvalue weighted by Gasteiger charge is -2.06. The van der Waals surface area contributed by atoms with Crippen molar-refractivity contribution in [2.45, 2.75) is 5.75 Å². The van der Waals surface area contributed by atoms with Gasteiger partial charge in [-0.15, -0.1) is 0 Å². The smallest absolute Gasteiger partial charge is 0.292 e. The molecule has 0 bridgehead atoms. The molecule has 1 aromatic heterocycles. The van der Waals surface area contributed by atoms with Crippen LogP contribution < -0.4 is 10.5 Å². The van der Waals surface area contributed by atoms with Crippen molar-refractivity contribution in [1.82, 2.24) is 0 Å². The molecule has 6 nitrogen and oxygen atoms in total. The quantitative estimate of drug-likeness (QED) is 0.733. The third-order valence-corrected chi connectivity index (χ3v) is 4.27. The lowest BCUT2D eigenvalue weighted by Crippen LogP contribution is -2.15. The minimum atomic E-state index is -3.59. The molecule has 3 aromatic rings. The van der Waals surface area contributed by atoms with Crippen molar-refractivity contribution in [1.29, 1.82) is 0 Å². The summed E-state index contributed by atoms with van der Waals surface area (Å²) in [4.78, 5) is 12.5. The molecule has 0 atom stereocenters. The van der Waals surface area contributed by atoms with E-state index >= 15 is 0 Å². The maximum atomic E-state index is 12.5. The van der Waals surface area contributed by atoms with Crippen molar-refractivity contribution in [2.24, 2.45) is 5.14 Å². The summed E-state index contributed by atoms with van der Waals surface area (Å²) in [5.41, 5.74) is 2.65. The summed E-state index contributed by atoms with van der Waals surface area (Å²) in [5, 5.41) is 7.74. The van der Waals surface area contributed by atoms with Gasteiger partial charge in [0.1, 0.15) is 0 Å². The van der Waals surface area contributed by atoms with E-state index in [1.54, 1.807) is 30.3 Å². The second-order valence-corrected chi connectivity index (χ2v) is 7.10. The van der Waals surface area contributed by atoms with Crippen LogP contribution in [0.5, 0.6) is 0 Å². The first kappa shape index (κ1) is 16.9. The summed E-state index contributed by atoms with van der Waals surface area (Å²) < 4.78 is 27.5. The summed E-state index contributed by atoms with van der Waals surface area (Å²) in [7, 11) is -3.59. The number of hydrogen-bond donors (Lipinski definition) is 2. The van der Waals surface area contributed by atoms with Crippen LogP contribution in [0, 0.1) is 0 Å². The van der Waals surface area contributed by atoms with E-state index < -0.39 is 10.0 Å².